The van der Waals surface area contributed by atoms with Gasteiger partial charge >= 0.3 is 11.9 Å². The second-order valence-electron chi connectivity index (χ2n) is 6.75. The van der Waals surface area contributed by atoms with E-state index in [1.165, 1.54) is 52.6 Å². The van der Waals surface area contributed by atoms with E-state index < -0.39 is 11.9 Å². The summed E-state index contributed by atoms with van der Waals surface area (Å²) in [6.07, 6.45) is 4.75. The Morgan fingerprint density at radius 3 is 2.41 bits per heavy atom. The summed E-state index contributed by atoms with van der Waals surface area (Å²) in [5, 5.41) is 17.0. The van der Waals surface area contributed by atoms with Crippen LogP contribution in [0.5, 0.6) is 0 Å². The average molecular weight is 386 g/mol. The Balaban J connectivity index is 0.000000226. The normalized spacial score (nSPS) is 16.5. The SMILES string of the molecule is CN1CCC(c2nc3c(s2)Cc2ccccc2-3)CC1.O=C(O)C=CC(=O)O. The van der Waals surface area contributed by atoms with Gasteiger partial charge in [0.2, 0.25) is 0 Å². The fourth-order valence-electron chi connectivity index (χ4n) is 3.35. The van der Waals surface area contributed by atoms with Gasteiger partial charge in [-0.05, 0) is 38.5 Å². The summed E-state index contributed by atoms with van der Waals surface area (Å²) in [4.78, 5) is 28.0. The summed E-state index contributed by atoms with van der Waals surface area (Å²) in [6, 6.07) is 8.72. The van der Waals surface area contributed by atoms with Gasteiger partial charge in [-0.3, -0.25) is 0 Å². The van der Waals surface area contributed by atoms with Crippen LogP contribution in [0.25, 0.3) is 11.3 Å². The number of hydrogen-bond acceptors (Lipinski definition) is 5. The van der Waals surface area contributed by atoms with Crippen LogP contribution in [-0.4, -0.2) is 52.2 Å². The predicted octanol–water partition coefficient (Wildman–Crippen LogP) is 3.24. The molecule has 0 spiro atoms. The lowest BCUT2D eigenvalue weighted by Crippen LogP contribution is -2.29. The number of carboxylic acid groups (broad SMARTS) is 2. The maximum Gasteiger partial charge on any atom is 0.328 e. The van der Waals surface area contributed by atoms with E-state index in [1.54, 1.807) is 0 Å². The second kappa shape index (κ2) is 8.45. The van der Waals surface area contributed by atoms with Crippen molar-refractivity contribution in [3.05, 3.63) is 51.9 Å². The number of fused-ring (bicyclic) bond motifs is 3. The largest absolute Gasteiger partial charge is 0.478 e. The maximum absolute atomic E-state index is 9.55. The molecule has 0 saturated carbocycles. The lowest BCUT2D eigenvalue weighted by molar-refractivity contribution is -0.134. The van der Waals surface area contributed by atoms with Crippen molar-refractivity contribution in [3.8, 4) is 11.3 Å². The van der Waals surface area contributed by atoms with Gasteiger partial charge in [0.15, 0.2) is 0 Å². The van der Waals surface area contributed by atoms with Crippen LogP contribution in [0.2, 0.25) is 0 Å². The highest BCUT2D eigenvalue weighted by Gasteiger charge is 2.27. The molecule has 1 saturated heterocycles. The summed E-state index contributed by atoms with van der Waals surface area (Å²) < 4.78 is 0. The molecule has 142 valence electrons. The van der Waals surface area contributed by atoms with Crippen LogP contribution in [-0.2, 0) is 16.0 Å². The molecule has 0 bridgehead atoms. The molecule has 7 heteroatoms. The topological polar surface area (TPSA) is 90.7 Å². The third kappa shape index (κ3) is 4.81. The molecule has 2 aliphatic rings. The van der Waals surface area contributed by atoms with Crippen molar-refractivity contribution in [2.45, 2.75) is 25.2 Å². The van der Waals surface area contributed by atoms with Gasteiger partial charge in [-0.25, -0.2) is 14.6 Å². The maximum atomic E-state index is 9.55. The molecule has 0 amide bonds. The molecule has 1 aromatic heterocycles. The number of nitrogens with zero attached hydrogens (tertiary/aromatic N) is 2. The van der Waals surface area contributed by atoms with Crippen LogP contribution in [0.1, 0.15) is 34.2 Å². The number of aromatic nitrogens is 1. The van der Waals surface area contributed by atoms with E-state index in [9.17, 15) is 9.59 Å². The molecule has 4 rings (SSSR count). The predicted molar refractivity (Wildman–Crippen MR) is 104 cm³/mol. The highest BCUT2D eigenvalue weighted by Crippen LogP contribution is 2.42. The first-order valence-corrected chi connectivity index (χ1v) is 9.66. The Morgan fingerprint density at radius 2 is 1.78 bits per heavy atom. The van der Waals surface area contributed by atoms with Gasteiger partial charge in [0.05, 0.1) is 10.7 Å². The number of hydrogen-bond donors (Lipinski definition) is 2. The van der Waals surface area contributed by atoms with Crippen molar-refractivity contribution in [2.24, 2.45) is 0 Å². The van der Waals surface area contributed by atoms with Crippen molar-refractivity contribution in [1.82, 2.24) is 9.88 Å². The first-order chi connectivity index (χ1) is 12.9. The van der Waals surface area contributed by atoms with Crippen LogP contribution < -0.4 is 0 Å². The number of likely N-dealkylation sites (tertiary alicyclic amines) is 1. The minimum Gasteiger partial charge on any atom is -0.478 e. The number of aliphatic carboxylic acids is 2. The standard InChI is InChI=1S/C16H18N2S.C4H4O4/c1-18-8-6-11(7-9-18)16-17-15-13-5-3-2-4-12(13)10-14(15)19-16;5-3(6)1-2-4(7)8/h2-5,11H,6-10H2,1H3;1-2H,(H,5,6)(H,7,8). The van der Waals surface area contributed by atoms with Gasteiger partial charge in [0, 0.05) is 34.9 Å². The zero-order valence-corrected chi connectivity index (χ0v) is 15.9. The third-order valence-electron chi connectivity index (χ3n) is 4.77. The van der Waals surface area contributed by atoms with E-state index in [4.69, 9.17) is 15.2 Å². The fraction of sp³-hybridized carbons (Fsp3) is 0.350. The molecule has 1 aliphatic carbocycles. The number of thiazole rings is 1. The van der Waals surface area contributed by atoms with Crippen molar-refractivity contribution < 1.29 is 19.8 Å². The van der Waals surface area contributed by atoms with Gasteiger partial charge in [-0.1, -0.05) is 24.3 Å². The number of carbonyl (C=O) groups is 2. The summed E-state index contributed by atoms with van der Waals surface area (Å²) in [5.41, 5.74) is 4.09. The summed E-state index contributed by atoms with van der Waals surface area (Å²) in [5.74, 6) is -1.82. The molecule has 1 aromatic carbocycles. The highest BCUT2D eigenvalue weighted by molar-refractivity contribution is 7.12. The molecule has 0 radical (unpaired) electrons. The van der Waals surface area contributed by atoms with Crippen LogP contribution in [0, 0.1) is 0 Å². The van der Waals surface area contributed by atoms with E-state index in [2.05, 4.69) is 36.2 Å². The zero-order valence-electron chi connectivity index (χ0n) is 15.1. The zero-order chi connectivity index (χ0) is 19.4. The molecule has 1 fully saturated rings. The fourth-order valence-corrected chi connectivity index (χ4v) is 4.62. The highest BCUT2D eigenvalue weighted by atomic mass is 32.1. The van der Waals surface area contributed by atoms with E-state index >= 15 is 0 Å². The minimum atomic E-state index is -1.26. The third-order valence-corrected chi connectivity index (χ3v) is 5.99. The molecule has 2 heterocycles. The average Bonchev–Trinajstić information content (AvgIpc) is 3.19. The molecule has 2 aromatic rings. The van der Waals surface area contributed by atoms with Gasteiger partial charge in [-0.15, -0.1) is 11.3 Å². The quantitative estimate of drug-likeness (QED) is 0.672. The van der Waals surface area contributed by atoms with Crippen molar-refractivity contribution >= 4 is 23.3 Å². The van der Waals surface area contributed by atoms with Crippen LogP contribution in [0.4, 0.5) is 0 Å². The smallest absolute Gasteiger partial charge is 0.328 e. The van der Waals surface area contributed by atoms with E-state index in [0.717, 1.165) is 6.42 Å². The monoisotopic (exact) mass is 386 g/mol. The number of piperidine rings is 1. The Bertz CT molecular complexity index is 851. The van der Waals surface area contributed by atoms with Crippen LogP contribution in [0.15, 0.2) is 36.4 Å². The van der Waals surface area contributed by atoms with E-state index in [0.29, 0.717) is 18.1 Å². The van der Waals surface area contributed by atoms with Crippen molar-refractivity contribution in [2.75, 3.05) is 20.1 Å². The van der Waals surface area contributed by atoms with Crippen LogP contribution in [0.3, 0.4) is 0 Å². The summed E-state index contributed by atoms with van der Waals surface area (Å²) >= 11 is 1.96. The molecule has 6 nitrogen and oxygen atoms in total. The Hall–Kier alpha value is -2.51. The van der Waals surface area contributed by atoms with E-state index in [-0.39, 0.29) is 0 Å². The first-order valence-electron chi connectivity index (χ1n) is 8.84. The molecular weight excluding hydrogens is 364 g/mol. The lowest BCUT2D eigenvalue weighted by atomic mass is 9.98. The number of benzene rings is 1. The summed E-state index contributed by atoms with van der Waals surface area (Å²) in [7, 11) is 2.22. The van der Waals surface area contributed by atoms with Crippen molar-refractivity contribution in [1.29, 1.82) is 0 Å². The number of rotatable bonds is 3. The molecule has 27 heavy (non-hydrogen) atoms. The van der Waals surface area contributed by atoms with Gasteiger partial charge in [0.1, 0.15) is 0 Å². The van der Waals surface area contributed by atoms with E-state index in [1.807, 2.05) is 11.3 Å². The second-order valence-corrected chi connectivity index (χ2v) is 7.86. The molecule has 1 aliphatic heterocycles. The Morgan fingerprint density at radius 1 is 1.15 bits per heavy atom. The molecule has 2 N–H and O–H groups in total. The minimum absolute atomic E-state index is 0.558. The van der Waals surface area contributed by atoms with Gasteiger partial charge in [0.25, 0.3) is 0 Å². The van der Waals surface area contributed by atoms with Crippen LogP contribution >= 0.6 is 11.3 Å². The van der Waals surface area contributed by atoms with Crippen molar-refractivity contribution in [3.63, 3.8) is 0 Å². The number of carboxylic acids is 2. The van der Waals surface area contributed by atoms with Gasteiger partial charge in [-0.2, -0.15) is 0 Å². The summed E-state index contributed by atoms with van der Waals surface area (Å²) in [6.45, 7) is 2.43. The Kier molecular flexibility index (Phi) is 6.03. The first kappa shape index (κ1) is 19.3. The van der Waals surface area contributed by atoms with Gasteiger partial charge < -0.3 is 15.1 Å². The molecule has 0 unspecified atom stereocenters. The lowest BCUT2D eigenvalue weighted by Gasteiger charge is -2.27. The Labute approximate surface area is 161 Å². The molecular formula is C20H22N2O4S. The molecule has 0 atom stereocenters.